The van der Waals surface area contributed by atoms with E-state index in [9.17, 15) is 4.79 Å². The van der Waals surface area contributed by atoms with Gasteiger partial charge in [0.25, 0.3) is 0 Å². The van der Waals surface area contributed by atoms with Gasteiger partial charge in [0.15, 0.2) is 5.06 Å². The van der Waals surface area contributed by atoms with Crippen LogP contribution in [0, 0.1) is 6.92 Å². The Morgan fingerprint density at radius 3 is 2.80 bits per heavy atom. The van der Waals surface area contributed by atoms with E-state index in [4.69, 9.17) is 5.73 Å². The molecule has 0 aliphatic heterocycles. The van der Waals surface area contributed by atoms with Crippen LogP contribution in [0.15, 0.2) is 12.1 Å². The van der Waals surface area contributed by atoms with E-state index in [0.717, 1.165) is 4.88 Å². The van der Waals surface area contributed by atoms with Crippen molar-refractivity contribution in [3.05, 3.63) is 17.0 Å². The summed E-state index contributed by atoms with van der Waals surface area (Å²) in [5, 5.41) is 0.546. The smallest absolute Gasteiger partial charge is 0.399 e. The summed E-state index contributed by atoms with van der Waals surface area (Å²) < 4.78 is 4.59. The number of carbonyl (C=O) groups is 1. The van der Waals surface area contributed by atoms with E-state index in [2.05, 4.69) is 4.74 Å². The number of hydrogen-bond acceptors (Lipinski definition) is 3. The zero-order valence-corrected chi connectivity index (χ0v) is 6.27. The summed E-state index contributed by atoms with van der Waals surface area (Å²) >= 11 is 1.39. The quantitative estimate of drug-likeness (QED) is 0.671. The molecule has 1 amide bonds. The van der Waals surface area contributed by atoms with Gasteiger partial charge >= 0.3 is 6.09 Å². The third-order valence-corrected chi connectivity index (χ3v) is 1.80. The monoisotopic (exact) mass is 157 g/mol. The highest BCUT2D eigenvalue weighted by atomic mass is 32.1. The van der Waals surface area contributed by atoms with Crippen LogP contribution >= 0.6 is 11.3 Å². The van der Waals surface area contributed by atoms with Crippen molar-refractivity contribution in [1.82, 2.24) is 0 Å². The van der Waals surface area contributed by atoms with Gasteiger partial charge in [0, 0.05) is 4.88 Å². The minimum atomic E-state index is -0.762. The van der Waals surface area contributed by atoms with Crippen LogP contribution < -0.4 is 10.5 Å². The molecule has 0 fully saturated rings. The first-order chi connectivity index (χ1) is 4.68. The molecule has 1 heterocycles. The number of rotatable bonds is 1. The van der Waals surface area contributed by atoms with Gasteiger partial charge in [0.1, 0.15) is 0 Å². The second-order valence-electron chi connectivity index (χ2n) is 1.79. The van der Waals surface area contributed by atoms with Crippen LogP contribution in [0.4, 0.5) is 4.79 Å². The molecule has 0 atom stereocenters. The number of aryl methyl sites for hydroxylation is 1. The molecule has 3 nitrogen and oxygen atoms in total. The Bertz CT molecular complexity index is 244. The van der Waals surface area contributed by atoms with Crippen LogP contribution in [0.2, 0.25) is 0 Å². The lowest BCUT2D eigenvalue weighted by Crippen LogP contribution is -2.15. The molecule has 1 aromatic rings. The molecule has 0 saturated heterocycles. The predicted molar refractivity (Wildman–Crippen MR) is 39.3 cm³/mol. The highest BCUT2D eigenvalue weighted by Crippen LogP contribution is 2.22. The van der Waals surface area contributed by atoms with Gasteiger partial charge in [0.05, 0.1) is 0 Å². The Kier molecular flexibility index (Phi) is 1.91. The summed E-state index contributed by atoms with van der Waals surface area (Å²) in [6.07, 6.45) is -0.762. The molecule has 0 radical (unpaired) electrons. The van der Waals surface area contributed by atoms with Crippen LogP contribution in [-0.4, -0.2) is 6.09 Å². The highest BCUT2D eigenvalue weighted by Gasteiger charge is 1.99. The third kappa shape index (κ3) is 1.73. The Balaban J connectivity index is 2.67. The van der Waals surface area contributed by atoms with Crippen LogP contribution in [0.5, 0.6) is 5.06 Å². The molecule has 0 aromatic carbocycles. The topological polar surface area (TPSA) is 52.3 Å². The summed E-state index contributed by atoms with van der Waals surface area (Å²) in [5.74, 6) is 0. The Labute approximate surface area is 62.4 Å². The molecule has 2 N–H and O–H groups in total. The second kappa shape index (κ2) is 2.70. The van der Waals surface area contributed by atoms with Gasteiger partial charge in [-0.25, -0.2) is 4.79 Å². The van der Waals surface area contributed by atoms with Crippen LogP contribution in [0.1, 0.15) is 4.88 Å². The molecule has 4 heteroatoms. The third-order valence-electron chi connectivity index (χ3n) is 0.917. The fraction of sp³-hybridized carbons (Fsp3) is 0.167. The maximum absolute atomic E-state index is 10.2. The molecule has 0 aliphatic carbocycles. The number of nitrogens with two attached hydrogens (primary N) is 1. The number of primary amides is 1. The number of hydrogen-bond donors (Lipinski definition) is 1. The largest absolute Gasteiger partial charge is 0.410 e. The Morgan fingerprint density at radius 1 is 1.70 bits per heavy atom. The van der Waals surface area contributed by atoms with Gasteiger partial charge in [-0.2, -0.15) is 0 Å². The number of carbonyl (C=O) groups excluding carboxylic acids is 1. The number of amides is 1. The molecule has 1 aromatic heterocycles. The van der Waals surface area contributed by atoms with Gasteiger partial charge in [-0.3, -0.25) is 0 Å². The minimum Gasteiger partial charge on any atom is -0.399 e. The molecule has 0 spiro atoms. The first-order valence-corrected chi connectivity index (χ1v) is 3.54. The van der Waals surface area contributed by atoms with E-state index in [0.29, 0.717) is 5.06 Å². The van der Waals surface area contributed by atoms with Gasteiger partial charge in [-0.1, -0.05) is 0 Å². The van der Waals surface area contributed by atoms with Crippen molar-refractivity contribution >= 4 is 17.4 Å². The minimum absolute atomic E-state index is 0.546. The summed E-state index contributed by atoms with van der Waals surface area (Å²) in [5.41, 5.74) is 4.78. The van der Waals surface area contributed by atoms with E-state index in [1.54, 1.807) is 6.07 Å². The van der Waals surface area contributed by atoms with E-state index >= 15 is 0 Å². The molecule has 1 rings (SSSR count). The Hall–Kier alpha value is -1.03. The average Bonchev–Trinajstić information content (AvgIpc) is 2.13. The van der Waals surface area contributed by atoms with Crippen molar-refractivity contribution < 1.29 is 9.53 Å². The molecule has 0 aliphatic rings. The van der Waals surface area contributed by atoms with Crippen LogP contribution in [0.25, 0.3) is 0 Å². The van der Waals surface area contributed by atoms with Crippen molar-refractivity contribution in [2.75, 3.05) is 0 Å². The lowest BCUT2D eigenvalue weighted by atomic mass is 10.5. The first-order valence-electron chi connectivity index (χ1n) is 2.72. The summed E-state index contributed by atoms with van der Waals surface area (Å²) in [7, 11) is 0. The van der Waals surface area contributed by atoms with Crippen molar-refractivity contribution in [1.29, 1.82) is 0 Å². The highest BCUT2D eigenvalue weighted by molar-refractivity contribution is 7.13. The fourth-order valence-electron chi connectivity index (χ4n) is 0.566. The van der Waals surface area contributed by atoms with Gasteiger partial charge in [0.2, 0.25) is 0 Å². The molecular weight excluding hydrogens is 150 g/mol. The molecule has 0 saturated carbocycles. The van der Waals surface area contributed by atoms with E-state index in [1.807, 2.05) is 13.0 Å². The number of ether oxygens (including phenoxy) is 1. The van der Waals surface area contributed by atoms with Crippen molar-refractivity contribution in [2.45, 2.75) is 6.92 Å². The molecule has 0 unspecified atom stereocenters. The van der Waals surface area contributed by atoms with E-state index in [1.165, 1.54) is 11.3 Å². The van der Waals surface area contributed by atoms with Gasteiger partial charge in [-0.05, 0) is 19.1 Å². The standard InChI is InChI=1S/C6H7NO2S/c1-4-2-3-5(10-4)9-6(7)8/h2-3H,1H3,(H2,7,8). The lowest BCUT2D eigenvalue weighted by Gasteiger charge is -1.91. The molecule has 0 bridgehead atoms. The number of thiophene rings is 1. The van der Waals surface area contributed by atoms with Gasteiger partial charge in [-0.15, -0.1) is 11.3 Å². The lowest BCUT2D eigenvalue weighted by molar-refractivity contribution is 0.212. The van der Waals surface area contributed by atoms with Crippen molar-refractivity contribution in [2.24, 2.45) is 5.73 Å². The maximum Gasteiger partial charge on any atom is 0.410 e. The second-order valence-corrected chi connectivity index (χ2v) is 3.04. The summed E-state index contributed by atoms with van der Waals surface area (Å²) in [6, 6.07) is 3.58. The van der Waals surface area contributed by atoms with Crippen molar-refractivity contribution in [3.63, 3.8) is 0 Å². The summed E-state index contributed by atoms with van der Waals surface area (Å²) in [6.45, 7) is 1.93. The average molecular weight is 157 g/mol. The fourth-order valence-corrected chi connectivity index (χ4v) is 1.28. The zero-order chi connectivity index (χ0) is 7.56. The maximum atomic E-state index is 10.2. The normalized spacial score (nSPS) is 9.30. The summed E-state index contributed by atoms with van der Waals surface area (Å²) in [4.78, 5) is 11.3. The zero-order valence-electron chi connectivity index (χ0n) is 5.46. The predicted octanol–water partition coefficient (Wildman–Crippen LogP) is 1.51. The van der Waals surface area contributed by atoms with Crippen LogP contribution in [-0.2, 0) is 0 Å². The van der Waals surface area contributed by atoms with Gasteiger partial charge < -0.3 is 10.5 Å². The first kappa shape index (κ1) is 7.08. The van der Waals surface area contributed by atoms with Crippen molar-refractivity contribution in [3.8, 4) is 5.06 Å². The molecule has 54 valence electrons. The Morgan fingerprint density at radius 2 is 2.40 bits per heavy atom. The van der Waals surface area contributed by atoms with E-state index < -0.39 is 6.09 Å². The molecular formula is C6H7NO2S. The van der Waals surface area contributed by atoms with E-state index in [-0.39, 0.29) is 0 Å². The SMILES string of the molecule is Cc1ccc(OC(N)=O)s1. The van der Waals surface area contributed by atoms with Crippen LogP contribution in [0.3, 0.4) is 0 Å². The molecule has 10 heavy (non-hydrogen) atoms.